The van der Waals surface area contributed by atoms with Crippen LogP contribution in [0.2, 0.25) is 0 Å². The second-order valence-corrected chi connectivity index (χ2v) is 11.1. The van der Waals surface area contributed by atoms with Crippen molar-refractivity contribution in [3.05, 3.63) is 18.2 Å². The highest BCUT2D eigenvalue weighted by Crippen LogP contribution is 2.38. The van der Waals surface area contributed by atoms with Crippen molar-refractivity contribution < 1.29 is 18.0 Å². The SMILES string of the molecule is CCC1Sc2ccc(S(=O)(=O)CCC(=O)NC3CCC(C)CC3)cc2NC1=O. The van der Waals surface area contributed by atoms with Crippen molar-refractivity contribution in [3.63, 3.8) is 0 Å². The smallest absolute Gasteiger partial charge is 0.237 e. The first-order valence-electron chi connectivity index (χ1n) is 9.92. The Kier molecular flexibility index (Phi) is 6.70. The summed E-state index contributed by atoms with van der Waals surface area (Å²) in [7, 11) is -3.60. The number of anilines is 1. The molecule has 0 radical (unpaired) electrons. The molecule has 0 aromatic heterocycles. The molecule has 1 aliphatic heterocycles. The van der Waals surface area contributed by atoms with E-state index in [9.17, 15) is 18.0 Å². The summed E-state index contributed by atoms with van der Waals surface area (Å²) >= 11 is 1.45. The van der Waals surface area contributed by atoms with Gasteiger partial charge in [-0.1, -0.05) is 13.8 Å². The Hall–Kier alpha value is -1.54. The molecular weight excluding hydrogens is 396 g/mol. The normalized spacial score (nSPS) is 24.9. The van der Waals surface area contributed by atoms with Gasteiger partial charge in [0.2, 0.25) is 11.8 Å². The van der Waals surface area contributed by atoms with Crippen LogP contribution in [0.25, 0.3) is 0 Å². The van der Waals surface area contributed by atoms with Gasteiger partial charge in [-0.25, -0.2) is 8.42 Å². The Bertz CT molecular complexity index is 846. The lowest BCUT2D eigenvalue weighted by atomic mass is 9.87. The number of nitrogens with one attached hydrogen (secondary N) is 2. The fraction of sp³-hybridized carbons (Fsp3) is 0.600. The molecule has 1 saturated carbocycles. The minimum Gasteiger partial charge on any atom is -0.353 e. The first kappa shape index (κ1) is 21.2. The maximum atomic E-state index is 12.7. The summed E-state index contributed by atoms with van der Waals surface area (Å²) in [5, 5.41) is 5.61. The molecule has 28 heavy (non-hydrogen) atoms. The van der Waals surface area contributed by atoms with Crippen molar-refractivity contribution >= 4 is 39.1 Å². The standard InChI is InChI=1S/C20H28N2O4S2/c1-3-17-20(24)22-16-12-15(8-9-18(16)27-17)28(25,26)11-10-19(23)21-14-6-4-13(2)5-7-14/h8-9,12-14,17H,3-7,10-11H2,1-2H3,(H,21,23)(H,22,24). The van der Waals surface area contributed by atoms with Crippen LogP contribution in [-0.2, 0) is 19.4 Å². The Morgan fingerprint density at radius 3 is 2.64 bits per heavy atom. The highest BCUT2D eigenvalue weighted by atomic mass is 32.2. The summed E-state index contributed by atoms with van der Waals surface area (Å²) in [6.45, 7) is 4.16. The van der Waals surface area contributed by atoms with Gasteiger partial charge in [-0.15, -0.1) is 11.8 Å². The van der Waals surface area contributed by atoms with E-state index in [0.717, 1.165) is 30.6 Å². The average molecular weight is 425 g/mol. The molecule has 1 aliphatic carbocycles. The van der Waals surface area contributed by atoms with E-state index in [0.29, 0.717) is 18.0 Å². The molecule has 6 nitrogen and oxygen atoms in total. The first-order chi connectivity index (χ1) is 13.3. The maximum absolute atomic E-state index is 12.7. The van der Waals surface area contributed by atoms with Gasteiger partial charge in [-0.3, -0.25) is 9.59 Å². The van der Waals surface area contributed by atoms with Gasteiger partial charge in [0.15, 0.2) is 9.84 Å². The van der Waals surface area contributed by atoms with E-state index in [1.807, 2.05) is 6.92 Å². The lowest BCUT2D eigenvalue weighted by molar-refractivity contribution is -0.121. The van der Waals surface area contributed by atoms with Crippen LogP contribution in [0, 0.1) is 5.92 Å². The molecule has 1 aromatic rings. The van der Waals surface area contributed by atoms with E-state index in [2.05, 4.69) is 17.6 Å². The zero-order valence-electron chi connectivity index (χ0n) is 16.4. The third-order valence-electron chi connectivity index (χ3n) is 5.48. The number of amides is 2. The summed E-state index contributed by atoms with van der Waals surface area (Å²) in [5.41, 5.74) is 0.529. The van der Waals surface area contributed by atoms with Crippen molar-refractivity contribution in [2.24, 2.45) is 5.92 Å². The highest BCUT2D eigenvalue weighted by Gasteiger charge is 2.27. The van der Waals surface area contributed by atoms with E-state index < -0.39 is 9.84 Å². The van der Waals surface area contributed by atoms with Crippen molar-refractivity contribution in [3.8, 4) is 0 Å². The van der Waals surface area contributed by atoms with Gasteiger partial charge in [-0.2, -0.15) is 0 Å². The summed E-state index contributed by atoms with van der Waals surface area (Å²) < 4.78 is 25.3. The van der Waals surface area contributed by atoms with Crippen LogP contribution < -0.4 is 10.6 Å². The molecule has 1 heterocycles. The minimum absolute atomic E-state index is 0.0511. The van der Waals surface area contributed by atoms with Crippen LogP contribution in [0.5, 0.6) is 0 Å². The molecule has 3 rings (SSSR count). The lowest BCUT2D eigenvalue weighted by Gasteiger charge is -2.26. The number of sulfone groups is 1. The van der Waals surface area contributed by atoms with Gasteiger partial charge in [0.25, 0.3) is 0 Å². The Morgan fingerprint density at radius 1 is 1.25 bits per heavy atom. The zero-order valence-corrected chi connectivity index (χ0v) is 18.0. The van der Waals surface area contributed by atoms with Gasteiger partial charge >= 0.3 is 0 Å². The second kappa shape index (κ2) is 8.86. The van der Waals surface area contributed by atoms with Crippen LogP contribution >= 0.6 is 11.8 Å². The molecule has 154 valence electrons. The van der Waals surface area contributed by atoms with Crippen LogP contribution in [0.15, 0.2) is 28.0 Å². The topological polar surface area (TPSA) is 92.3 Å². The molecule has 1 fully saturated rings. The van der Waals surface area contributed by atoms with Crippen LogP contribution in [0.3, 0.4) is 0 Å². The number of thioether (sulfide) groups is 1. The monoisotopic (exact) mass is 424 g/mol. The van der Waals surface area contributed by atoms with Crippen LogP contribution in [-0.4, -0.2) is 37.3 Å². The molecule has 2 aliphatic rings. The molecular formula is C20H28N2O4S2. The van der Waals surface area contributed by atoms with Crippen LogP contribution in [0.1, 0.15) is 52.4 Å². The molecule has 1 aromatic carbocycles. The molecule has 2 amide bonds. The summed E-state index contributed by atoms with van der Waals surface area (Å²) in [6, 6.07) is 4.96. The molecule has 1 atom stereocenters. The number of carbonyl (C=O) groups is 2. The van der Waals surface area contributed by atoms with Gasteiger partial charge < -0.3 is 10.6 Å². The fourth-order valence-corrected chi connectivity index (χ4v) is 5.93. The molecule has 1 unspecified atom stereocenters. The van der Waals surface area contributed by atoms with Gasteiger partial charge in [0.05, 0.1) is 21.6 Å². The minimum atomic E-state index is -3.60. The number of hydrogen-bond donors (Lipinski definition) is 2. The first-order valence-corrected chi connectivity index (χ1v) is 12.5. The number of hydrogen-bond acceptors (Lipinski definition) is 5. The quantitative estimate of drug-likeness (QED) is 0.730. The Balaban J connectivity index is 1.59. The maximum Gasteiger partial charge on any atom is 0.237 e. The molecule has 0 bridgehead atoms. The molecule has 2 N–H and O–H groups in total. The van der Waals surface area contributed by atoms with E-state index >= 15 is 0 Å². The molecule has 0 spiro atoms. The largest absolute Gasteiger partial charge is 0.353 e. The highest BCUT2D eigenvalue weighted by molar-refractivity contribution is 8.01. The summed E-state index contributed by atoms with van der Waals surface area (Å²) in [4.78, 5) is 25.2. The van der Waals surface area contributed by atoms with Crippen molar-refractivity contribution in [1.82, 2.24) is 5.32 Å². The van der Waals surface area contributed by atoms with E-state index in [1.54, 1.807) is 12.1 Å². The summed E-state index contributed by atoms with van der Waals surface area (Å²) in [5.74, 6) is 0.148. The van der Waals surface area contributed by atoms with Crippen molar-refractivity contribution in [1.29, 1.82) is 0 Å². The van der Waals surface area contributed by atoms with E-state index in [-0.39, 0.29) is 40.2 Å². The Morgan fingerprint density at radius 2 is 1.96 bits per heavy atom. The van der Waals surface area contributed by atoms with E-state index in [4.69, 9.17) is 0 Å². The predicted molar refractivity (Wildman–Crippen MR) is 111 cm³/mol. The number of fused-ring (bicyclic) bond motifs is 1. The Labute approximate surface area is 171 Å². The van der Waals surface area contributed by atoms with Crippen molar-refractivity contribution in [2.75, 3.05) is 11.1 Å². The third-order valence-corrected chi connectivity index (χ3v) is 8.63. The number of rotatable bonds is 6. The van der Waals surface area contributed by atoms with Gasteiger partial charge in [0, 0.05) is 17.4 Å². The van der Waals surface area contributed by atoms with Crippen LogP contribution in [0.4, 0.5) is 5.69 Å². The molecule has 8 heteroatoms. The van der Waals surface area contributed by atoms with Crippen molar-refractivity contribution in [2.45, 2.75) is 73.5 Å². The van der Waals surface area contributed by atoms with Gasteiger partial charge in [-0.05, 0) is 56.2 Å². The number of carbonyl (C=O) groups excluding carboxylic acids is 2. The lowest BCUT2D eigenvalue weighted by Crippen LogP contribution is -2.38. The zero-order chi connectivity index (χ0) is 20.3. The molecule has 0 saturated heterocycles. The fourth-order valence-electron chi connectivity index (χ4n) is 3.64. The summed E-state index contributed by atoms with van der Waals surface area (Å²) in [6.07, 6.45) is 4.78. The second-order valence-electron chi connectivity index (χ2n) is 7.76. The van der Waals surface area contributed by atoms with Gasteiger partial charge in [0.1, 0.15) is 0 Å². The average Bonchev–Trinajstić information content (AvgIpc) is 2.67. The van der Waals surface area contributed by atoms with E-state index in [1.165, 1.54) is 17.8 Å². The predicted octanol–water partition coefficient (Wildman–Crippen LogP) is 3.37. The number of benzene rings is 1. The third kappa shape index (κ3) is 5.08.